The van der Waals surface area contributed by atoms with Gasteiger partial charge in [0.2, 0.25) is 0 Å². The fourth-order valence-corrected chi connectivity index (χ4v) is 4.63. The van der Waals surface area contributed by atoms with Crippen molar-refractivity contribution < 1.29 is 4.79 Å². The van der Waals surface area contributed by atoms with E-state index in [1.165, 1.54) is 25.9 Å². The standard InChI is InChI=1S/C28H29N5O3/c34-26(30-22-10-6-9-21(19-22)29-14-7-17-32-15-3-4-16-32)20-8-5-11-23(18-20)33-27(35)24-12-1-2-13-25(24)31-28(33)36/h1-2,5-6,8-13,18-19,29H,3-4,7,14-17H2,(H,30,34)(H,31,36). The van der Waals surface area contributed by atoms with Gasteiger partial charge in [0.25, 0.3) is 11.5 Å². The number of amides is 1. The van der Waals surface area contributed by atoms with Crippen molar-refractivity contribution in [3.8, 4) is 5.69 Å². The average molecular weight is 484 g/mol. The van der Waals surface area contributed by atoms with Gasteiger partial charge in [-0.2, -0.15) is 0 Å². The molecule has 1 aliphatic rings. The van der Waals surface area contributed by atoms with Crippen molar-refractivity contribution >= 4 is 28.2 Å². The first-order valence-electron chi connectivity index (χ1n) is 12.3. The second kappa shape index (κ2) is 10.6. The molecule has 2 heterocycles. The SMILES string of the molecule is O=C(Nc1cccc(NCCCN2CCCC2)c1)c1cccc(-n2c(=O)[nH]c3ccccc3c2=O)c1. The molecule has 3 N–H and O–H groups in total. The maximum Gasteiger partial charge on any atom is 0.333 e. The number of hydrogen-bond acceptors (Lipinski definition) is 5. The summed E-state index contributed by atoms with van der Waals surface area (Å²) >= 11 is 0. The number of para-hydroxylation sites is 1. The molecule has 0 aliphatic carbocycles. The molecule has 1 fully saturated rings. The van der Waals surface area contributed by atoms with Gasteiger partial charge in [-0.1, -0.05) is 24.3 Å². The number of aromatic amines is 1. The van der Waals surface area contributed by atoms with Crippen molar-refractivity contribution in [1.82, 2.24) is 14.5 Å². The number of fused-ring (bicyclic) bond motifs is 1. The van der Waals surface area contributed by atoms with Crippen LogP contribution in [0.1, 0.15) is 29.6 Å². The third-order valence-corrected chi connectivity index (χ3v) is 6.47. The topological polar surface area (TPSA) is 99.2 Å². The molecule has 8 heteroatoms. The predicted molar refractivity (Wildman–Crippen MR) is 143 cm³/mol. The first-order valence-corrected chi connectivity index (χ1v) is 12.3. The van der Waals surface area contributed by atoms with Gasteiger partial charge in [0.1, 0.15) is 0 Å². The van der Waals surface area contributed by atoms with Crippen LogP contribution in [0.25, 0.3) is 16.6 Å². The number of rotatable bonds is 8. The summed E-state index contributed by atoms with van der Waals surface area (Å²) < 4.78 is 1.05. The second-order valence-electron chi connectivity index (χ2n) is 9.03. The van der Waals surface area contributed by atoms with Gasteiger partial charge in [0.05, 0.1) is 16.6 Å². The first-order chi connectivity index (χ1) is 17.6. The lowest BCUT2D eigenvalue weighted by Gasteiger charge is -2.15. The zero-order valence-electron chi connectivity index (χ0n) is 20.0. The van der Waals surface area contributed by atoms with Gasteiger partial charge in [-0.25, -0.2) is 9.36 Å². The summed E-state index contributed by atoms with van der Waals surface area (Å²) in [5.41, 5.74) is 1.76. The largest absolute Gasteiger partial charge is 0.385 e. The van der Waals surface area contributed by atoms with Gasteiger partial charge in [-0.15, -0.1) is 0 Å². The second-order valence-corrected chi connectivity index (χ2v) is 9.03. The van der Waals surface area contributed by atoms with Crippen molar-refractivity contribution in [1.29, 1.82) is 0 Å². The first kappa shape index (κ1) is 23.6. The molecule has 3 aromatic carbocycles. The lowest BCUT2D eigenvalue weighted by atomic mass is 10.1. The smallest absolute Gasteiger partial charge is 0.333 e. The fourth-order valence-electron chi connectivity index (χ4n) is 4.63. The summed E-state index contributed by atoms with van der Waals surface area (Å²) in [5.74, 6) is -0.326. The molecule has 1 saturated heterocycles. The van der Waals surface area contributed by atoms with Crippen LogP contribution in [0.4, 0.5) is 11.4 Å². The lowest BCUT2D eigenvalue weighted by Crippen LogP contribution is -2.33. The molecule has 1 aromatic heterocycles. The molecule has 1 aliphatic heterocycles. The van der Waals surface area contributed by atoms with E-state index in [4.69, 9.17) is 0 Å². The van der Waals surface area contributed by atoms with Crippen LogP contribution < -0.4 is 21.9 Å². The molecule has 184 valence electrons. The van der Waals surface area contributed by atoms with Crippen LogP contribution in [-0.4, -0.2) is 46.5 Å². The van der Waals surface area contributed by atoms with E-state index in [0.29, 0.717) is 27.8 Å². The van der Waals surface area contributed by atoms with Gasteiger partial charge < -0.3 is 20.5 Å². The predicted octanol–water partition coefficient (Wildman–Crippen LogP) is 3.83. The Balaban J connectivity index is 1.28. The summed E-state index contributed by atoms with van der Waals surface area (Å²) in [4.78, 5) is 43.8. The van der Waals surface area contributed by atoms with Crippen molar-refractivity contribution in [2.45, 2.75) is 19.3 Å². The maximum absolute atomic E-state index is 13.0. The van der Waals surface area contributed by atoms with Crippen molar-refractivity contribution in [3.05, 3.63) is 99.2 Å². The highest BCUT2D eigenvalue weighted by Crippen LogP contribution is 2.17. The van der Waals surface area contributed by atoms with Crippen LogP contribution in [0.5, 0.6) is 0 Å². The average Bonchev–Trinajstić information content (AvgIpc) is 3.41. The lowest BCUT2D eigenvalue weighted by molar-refractivity contribution is 0.102. The number of H-pyrrole nitrogens is 1. The zero-order chi connectivity index (χ0) is 24.9. The Labute approximate surface area is 208 Å². The number of nitrogens with one attached hydrogen (secondary N) is 3. The maximum atomic E-state index is 13.0. The van der Waals surface area contributed by atoms with Crippen LogP contribution >= 0.6 is 0 Å². The molecule has 0 radical (unpaired) electrons. The minimum atomic E-state index is -0.556. The number of benzene rings is 3. The van der Waals surface area contributed by atoms with Gasteiger partial charge in [-0.05, 0) is 87.4 Å². The van der Waals surface area contributed by atoms with Crippen LogP contribution in [0.15, 0.2) is 82.4 Å². The van der Waals surface area contributed by atoms with E-state index in [1.807, 2.05) is 24.3 Å². The van der Waals surface area contributed by atoms with Crippen LogP contribution in [-0.2, 0) is 0 Å². The molecular formula is C28H29N5O3. The minimum absolute atomic E-state index is 0.326. The quantitative estimate of drug-likeness (QED) is 0.331. The summed E-state index contributed by atoms with van der Waals surface area (Å²) in [6, 6.07) is 20.9. The third kappa shape index (κ3) is 5.23. The van der Waals surface area contributed by atoms with Crippen LogP contribution in [0, 0.1) is 0 Å². The van der Waals surface area contributed by atoms with Crippen LogP contribution in [0.3, 0.4) is 0 Å². The minimum Gasteiger partial charge on any atom is -0.385 e. The van der Waals surface area contributed by atoms with E-state index in [1.54, 1.807) is 48.5 Å². The number of hydrogen-bond donors (Lipinski definition) is 3. The number of aromatic nitrogens is 2. The van der Waals surface area contributed by atoms with E-state index in [2.05, 4.69) is 20.5 Å². The molecule has 0 saturated carbocycles. The molecule has 0 atom stereocenters. The van der Waals surface area contributed by atoms with E-state index in [0.717, 1.165) is 29.8 Å². The Morgan fingerprint density at radius 2 is 1.67 bits per heavy atom. The molecular weight excluding hydrogens is 454 g/mol. The molecule has 5 rings (SSSR count). The fraction of sp³-hybridized carbons (Fsp3) is 0.250. The van der Waals surface area contributed by atoms with Crippen molar-refractivity contribution in [2.24, 2.45) is 0 Å². The summed E-state index contributed by atoms with van der Waals surface area (Å²) in [6.07, 6.45) is 3.66. The Kier molecular flexibility index (Phi) is 6.95. The Morgan fingerprint density at radius 3 is 2.53 bits per heavy atom. The normalized spacial score (nSPS) is 13.7. The Hall–Kier alpha value is -4.17. The van der Waals surface area contributed by atoms with E-state index in [9.17, 15) is 14.4 Å². The van der Waals surface area contributed by atoms with Gasteiger partial charge in [-0.3, -0.25) is 9.59 Å². The highest BCUT2D eigenvalue weighted by molar-refractivity contribution is 6.04. The Morgan fingerprint density at radius 1 is 0.889 bits per heavy atom. The molecule has 1 amide bonds. The third-order valence-electron chi connectivity index (χ3n) is 6.47. The molecule has 36 heavy (non-hydrogen) atoms. The van der Waals surface area contributed by atoms with E-state index >= 15 is 0 Å². The van der Waals surface area contributed by atoms with Gasteiger partial charge in [0.15, 0.2) is 0 Å². The summed E-state index contributed by atoms with van der Waals surface area (Å²) in [7, 11) is 0. The number of nitrogens with zero attached hydrogens (tertiary/aromatic N) is 2. The molecule has 0 spiro atoms. The molecule has 8 nitrogen and oxygen atoms in total. The van der Waals surface area contributed by atoms with Crippen LogP contribution in [0.2, 0.25) is 0 Å². The van der Waals surface area contributed by atoms with Gasteiger partial charge in [0, 0.05) is 23.5 Å². The number of likely N-dealkylation sites (tertiary alicyclic amines) is 1. The molecule has 0 bridgehead atoms. The van der Waals surface area contributed by atoms with E-state index < -0.39 is 11.2 Å². The highest BCUT2D eigenvalue weighted by atomic mass is 16.2. The number of anilines is 2. The van der Waals surface area contributed by atoms with Crippen molar-refractivity contribution in [2.75, 3.05) is 36.8 Å². The van der Waals surface area contributed by atoms with E-state index in [-0.39, 0.29) is 5.91 Å². The van der Waals surface area contributed by atoms with Crippen molar-refractivity contribution in [3.63, 3.8) is 0 Å². The summed E-state index contributed by atoms with van der Waals surface area (Å²) in [5, 5.41) is 6.74. The molecule has 0 unspecified atom stereocenters. The van der Waals surface area contributed by atoms with Gasteiger partial charge >= 0.3 is 5.69 Å². The zero-order valence-corrected chi connectivity index (χ0v) is 20.0. The number of carbonyl (C=O) groups excluding carboxylic acids is 1. The number of carbonyl (C=O) groups is 1. The monoisotopic (exact) mass is 483 g/mol. The summed E-state index contributed by atoms with van der Waals surface area (Å²) in [6.45, 7) is 4.37. The Bertz CT molecular complexity index is 1500. The molecule has 4 aromatic rings. The highest BCUT2D eigenvalue weighted by Gasteiger charge is 2.13.